The summed E-state index contributed by atoms with van der Waals surface area (Å²) in [5, 5.41) is 0.903. The van der Waals surface area contributed by atoms with Gasteiger partial charge in [0.25, 0.3) is 5.91 Å². The smallest absolute Gasteiger partial charge is 0.260 e. The van der Waals surface area contributed by atoms with E-state index < -0.39 is 0 Å². The second-order valence-corrected chi connectivity index (χ2v) is 6.63. The van der Waals surface area contributed by atoms with Gasteiger partial charge in [-0.05, 0) is 18.2 Å². The summed E-state index contributed by atoms with van der Waals surface area (Å²) in [6.45, 7) is 0.164. The van der Waals surface area contributed by atoms with E-state index in [2.05, 4.69) is 0 Å². The molecule has 0 aliphatic rings. The summed E-state index contributed by atoms with van der Waals surface area (Å²) >= 11 is 17.9. The molecule has 1 amide bonds. The molecule has 8 heteroatoms. The summed E-state index contributed by atoms with van der Waals surface area (Å²) in [5.74, 6) is 1.38. The van der Waals surface area contributed by atoms with Crippen LogP contribution in [0.2, 0.25) is 15.1 Å². The average Bonchev–Trinajstić information content (AvgIpc) is 2.63. The van der Waals surface area contributed by atoms with Gasteiger partial charge in [-0.1, -0.05) is 34.8 Å². The van der Waals surface area contributed by atoms with Crippen molar-refractivity contribution >= 4 is 40.7 Å². The second-order valence-electron chi connectivity index (χ2n) is 5.41. The third-order valence-electron chi connectivity index (χ3n) is 3.65. The largest absolute Gasteiger partial charge is 0.497 e. The first-order valence-corrected chi connectivity index (χ1v) is 8.71. The highest BCUT2D eigenvalue weighted by atomic mass is 35.5. The molecule has 0 saturated carbocycles. The van der Waals surface area contributed by atoms with Crippen molar-refractivity contribution in [3.63, 3.8) is 0 Å². The first-order chi connectivity index (χ1) is 12.3. The van der Waals surface area contributed by atoms with E-state index in [0.29, 0.717) is 33.8 Å². The lowest BCUT2D eigenvalue weighted by Crippen LogP contribution is -2.31. The van der Waals surface area contributed by atoms with Crippen LogP contribution in [0.15, 0.2) is 30.3 Å². The van der Waals surface area contributed by atoms with Crippen molar-refractivity contribution in [1.29, 1.82) is 0 Å². The van der Waals surface area contributed by atoms with E-state index in [4.69, 9.17) is 49.0 Å². The molecule has 0 fully saturated rings. The molecule has 0 N–H and O–H groups in total. The Hall–Kier alpha value is -1.82. The highest BCUT2D eigenvalue weighted by Crippen LogP contribution is 2.34. The number of hydrogen-bond acceptors (Lipinski definition) is 4. The van der Waals surface area contributed by atoms with Gasteiger partial charge < -0.3 is 19.1 Å². The molecule has 0 heterocycles. The van der Waals surface area contributed by atoms with Crippen molar-refractivity contribution < 1.29 is 19.0 Å². The third-order valence-corrected chi connectivity index (χ3v) is 4.67. The lowest BCUT2D eigenvalue weighted by atomic mass is 10.2. The van der Waals surface area contributed by atoms with E-state index in [0.717, 1.165) is 5.56 Å². The molecule has 2 aromatic rings. The number of hydrogen-bond donors (Lipinski definition) is 0. The summed E-state index contributed by atoms with van der Waals surface area (Å²) in [6, 6.07) is 8.36. The van der Waals surface area contributed by atoms with Crippen LogP contribution in [0.4, 0.5) is 0 Å². The zero-order chi connectivity index (χ0) is 19.3. The van der Waals surface area contributed by atoms with Crippen LogP contribution in [0, 0.1) is 0 Å². The fourth-order valence-corrected chi connectivity index (χ4v) is 2.78. The molecule has 0 saturated heterocycles. The Morgan fingerprint density at radius 2 is 1.65 bits per heavy atom. The highest BCUT2D eigenvalue weighted by molar-refractivity contribution is 6.43. The lowest BCUT2D eigenvalue weighted by molar-refractivity contribution is -0.132. The number of rotatable bonds is 7. The maximum Gasteiger partial charge on any atom is 0.260 e. The van der Waals surface area contributed by atoms with Crippen LogP contribution in [0.1, 0.15) is 5.56 Å². The van der Waals surface area contributed by atoms with Crippen LogP contribution in [-0.4, -0.2) is 38.7 Å². The minimum absolute atomic E-state index is 0.188. The van der Waals surface area contributed by atoms with Gasteiger partial charge in [-0.3, -0.25) is 4.79 Å². The molecule has 140 valence electrons. The Kier molecular flexibility index (Phi) is 7.26. The summed E-state index contributed by atoms with van der Waals surface area (Å²) in [6.07, 6.45) is 0. The van der Waals surface area contributed by atoms with Crippen molar-refractivity contribution in [1.82, 2.24) is 4.90 Å². The van der Waals surface area contributed by atoms with Crippen molar-refractivity contribution in [2.75, 3.05) is 27.9 Å². The predicted molar refractivity (Wildman–Crippen MR) is 103 cm³/mol. The van der Waals surface area contributed by atoms with Crippen LogP contribution in [0.5, 0.6) is 17.2 Å². The minimum Gasteiger partial charge on any atom is -0.497 e. The second kappa shape index (κ2) is 9.21. The number of carbonyl (C=O) groups excluding carboxylic acids is 1. The Morgan fingerprint density at radius 1 is 0.962 bits per heavy atom. The molecule has 5 nitrogen and oxygen atoms in total. The Labute approximate surface area is 167 Å². The third kappa shape index (κ3) is 5.10. The number of ether oxygens (including phenoxy) is 3. The molecular formula is C18H18Cl3NO4. The molecule has 0 spiro atoms. The molecule has 0 aromatic heterocycles. The summed E-state index contributed by atoms with van der Waals surface area (Å²) in [7, 11) is 4.82. The molecule has 0 atom stereocenters. The Bertz CT molecular complexity index is 798. The van der Waals surface area contributed by atoms with E-state index in [1.165, 1.54) is 17.0 Å². The van der Waals surface area contributed by atoms with Crippen LogP contribution < -0.4 is 14.2 Å². The van der Waals surface area contributed by atoms with Crippen LogP contribution in [0.25, 0.3) is 0 Å². The van der Waals surface area contributed by atoms with Crippen molar-refractivity contribution in [3.05, 3.63) is 51.0 Å². The van der Waals surface area contributed by atoms with Crippen molar-refractivity contribution in [3.8, 4) is 17.2 Å². The SMILES string of the molecule is COc1ccc(CN(C)C(=O)COc2cc(Cl)c(Cl)cc2Cl)c(OC)c1. The van der Waals surface area contributed by atoms with E-state index in [1.54, 1.807) is 27.3 Å². The van der Waals surface area contributed by atoms with Crippen LogP contribution in [-0.2, 0) is 11.3 Å². The maximum atomic E-state index is 12.3. The van der Waals surface area contributed by atoms with Gasteiger partial charge in [-0.15, -0.1) is 0 Å². The van der Waals surface area contributed by atoms with Gasteiger partial charge in [0.1, 0.15) is 17.2 Å². The van der Waals surface area contributed by atoms with Gasteiger partial charge in [0.15, 0.2) is 6.61 Å². The van der Waals surface area contributed by atoms with E-state index >= 15 is 0 Å². The summed E-state index contributed by atoms with van der Waals surface area (Å²) in [4.78, 5) is 13.9. The Balaban J connectivity index is 2.01. The van der Waals surface area contributed by atoms with Crippen molar-refractivity contribution in [2.24, 2.45) is 0 Å². The molecule has 0 aliphatic heterocycles. The van der Waals surface area contributed by atoms with Gasteiger partial charge in [0.2, 0.25) is 0 Å². The summed E-state index contributed by atoms with van der Waals surface area (Å²) in [5.41, 5.74) is 0.844. The number of amides is 1. The van der Waals surface area contributed by atoms with Gasteiger partial charge in [-0.2, -0.15) is 0 Å². The Morgan fingerprint density at radius 3 is 2.31 bits per heavy atom. The van der Waals surface area contributed by atoms with Gasteiger partial charge in [-0.25, -0.2) is 0 Å². The normalized spacial score (nSPS) is 10.4. The zero-order valence-electron chi connectivity index (χ0n) is 14.5. The van der Waals surface area contributed by atoms with Gasteiger partial charge in [0.05, 0.1) is 29.3 Å². The number of nitrogens with zero attached hydrogens (tertiary/aromatic N) is 1. The molecule has 2 rings (SSSR count). The number of carbonyl (C=O) groups is 1. The van der Waals surface area contributed by atoms with E-state index in [1.807, 2.05) is 12.1 Å². The molecule has 0 aliphatic carbocycles. The van der Waals surface area contributed by atoms with Gasteiger partial charge in [0, 0.05) is 31.3 Å². The van der Waals surface area contributed by atoms with Crippen molar-refractivity contribution in [2.45, 2.75) is 6.54 Å². The molecule has 26 heavy (non-hydrogen) atoms. The van der Waals surface area contributed by atoms with E-state index in [9.17, 15) is 4.79 Å². The number of likely N-dealkylation sites (N-methyl/N-ethyl adjacent to an activating group) is 1. The van der Waals surface area contributed by atoms with E-state index in [-0.39, 0.29) is 17.5 Å². The van der Waals surface area contributed by atoms with Crippen LogP contribution in [0.3, 0.4) is 0 Å². The molecular weight excluding hydrogens is 401 g/mol. The highest BCUT2D eigenvalue weighted by Gasteiger charge is 2.15. The first-order valence-electron chi connectivity index (χ1n) is 7.58. The maximum absolute atomic E-state index is 12.3. The predicted octanol–water partition coefficient (Wildman–Crippen LogP) is 4.70. The average molecular weight is 419 g/mol. The number of benzene rings is 2. The molecule has 0 unspecified atom stereocenters. The molecule has 0 radical (unpaired) electrons. The summed E-state index contributed by atoms with van der Waals surface area (Å²) < 4.78 is 16.0. The fourth-order valence-electron chi connectivity index (χ4n) is 2.19. The quantitative estimate of drug-likeness (QED) is 0.611. The minimum atomic E-state index is -0.231. The molecule has 2 aromatic carbocycles. The number of halogens is 3. The lowest BCUT2D eigenvalue weighted by Gasteiger charge is -2.19. The van der Waals surface area contributed by atoms with Crippen LogP contribution >= 0.6 is 34.8 Å². The first kappa shape index (κ1) is 20.5. The monoisotopic (exact) mass is 417 g/mol. The topological polar surface area (TPSA) is 48.0 Å². The number of methoxy groups -OCH3 is 2. The van der Waals surface area contributed by atoms with Gasteiger partial charge >= 0.3 is 0 Å². The zero-order valence-corrected chi connectivity index (χ0v) is 16.8. The standard InChI is InChI=1S/C18H18Cl3NO4/c1-22(9-11-4-5-12(24-2)6-16(11)25-3)18(23)10-26-17-8-14(20)13(19)7-15(17)21/h4-8H,9-10H2,1-3H3. The fraction of sp³-hybridized carbons (Fsp3) is 0.278. The molecule has 0 bridgehead atoms.